The number of aromatic nitrogens is 1. The van der Waals surface area contributed by atoms with E-state index < -0.39 is 0 Å². The molecule has 21 heavy (non-hydrogen) atoms. The molecule has 118 valence electrons. The minimum absolute atomic E-state index is 0.244. The first-order chi connectivity index (χ1) is 10.3. The highest BCUT2D eigenvalue weighted by Crippen LogP contribution is 2.35. The highest BCUT2D eigenvalue weighted by molar-refractivity contribution is 7.13. The smallest absolute Gasteiger partial charge is 0.185 e. The van der Waals surface area contributed by atoms with Gasteiger partial charge in [-0.2, -0.15) is 0 Å². The lowest BCUT2D eigenvalue weighted by Gasteiger charge is -2.43. The molecule has 6 heteroatoms. The van der Waals surface area contributed by atoms with Crippen molar-refractivity contribution in [1.29, 1.82) is 0 Å². The molecule has 3 heterocycles. The van der Waals surface area contributed by atoms with Gasteiger partial charge in [0, 0.05) is 56.8 Å². The molecule has 1 aromatic rings. The van der Waals surface area contributed by atoms with Gasteiger partial charge in [0.1, 0.15) is 0 Å². The lowest BCUT2D eigenvalue weighted by atomic mass is 9.80. The second-order valence-electron chi connectivity index (χ2n) is 6.16. The Morgan fingerprint density at radius 2 is 2.38 bits per heavy atom. The van der Waals surface area contributed by atoms with E-state index in [1.807, 2.05) is 6.20 Å². The Morgan fingerprint density at radius 1 is 1.43 bits per heavy atom. The summed E-state index contributed by atoms with van der Waals surface area (Å²) in [5.74, 6) is 0. The third-order valence-electron chi connectivity index (χ3n) is 4.48. The predicted octanol–water partition coefficient (Wildman–Crippen LogP) is 1.71. The highest BCUT2D eigenvalue weighted by atomic mass is 32.1. The van der Waals surface area contributed by atoms with Crippen LogP contribution in [0.1, 0.15) is 12.8 Å². The first-order valence-corrected chi connectivity index (χ1v) is 8.63. The fourth-order valence-corrected chi connectivity index (χ4v) is 4.15. The zero-order valence-electron chi connectivity index (χ0n) is 12.8. The van der Waals surface area contributed by atoms with Crippen molar-refractivity contribution >= 4 is 16.5 Å². The van der Waals surface area contributed by atoms with E-state index in [2.05, 4.69) is 20.2 Å². The Balaban J connectivity index is 1.68. The molecule has 0 aliphatic carbocycles. The van der Waals surface area contributed by atoms with Gasteiger partial charge >= 0.3 is 0 Å². The average molecular weight is 311 g/mol. The quantitative estimate of drug-likeness (QED) is 0.846. The van der Waals surface area contributed by atoms with E-state index >= 15 is 0 Å². The van der Waals surface area contributed by atoms with Crippen molar-refractivity contribution in [2.75, 3.05) is 64.6 Å². The zero-order chi connectivity index (χ0) is 14.5. The number of anilines is 1. The SMILES string of the molecule is COCCN1CCOCC2(CCCN(c3nccs3)C2)C1. The van der Waals surface area contributed by atoms with Crippen LogP contribution in [-0.2, 0) is 9.47 Å². The maximum Gasteiger partial charge on any atom is 0.185 e. The molecule has 0 saturated carbocycles. The highest BCUT2D eigenvalue weighted by Gasteiger charge is 2.39. The standard InChI is InChI=1S/C15H25N3O2S/c1-19-8-6-17-7-9-20-13-15(11-17)3-2-5-18(12-15)14-16-4-10-21-14/h4,10H,2-3,5-9,11-13H2,1H3. The predicted molar refractivity (Wildman–Crippen MR) is 85.1 cm³/mol. The number of ether oxygens (including phenoxy) is 2. The monoisotopic (exact) mass is 311 g/mol. The van der Waals surface area contributed by atoms with Gasteiger partial charge in [-0.25, -0.2) is 4.98 Å². The number of thiazole rings is 1. The molecule has 0 radical (unpaired) electrons. The van der Waals surface area contributed by atoms with Crippen LogP contribution in [0.5, 0.6) is 0 Å². The second-order valence-corrected chi connectivity index (χ2v) is 7.03. The van der Waals surface area contributed by atoms with Gasteiger partial charge in [-0.05, 0) is 12.8 Å². The van der Waals surface area contributed by atoms with Gasteiger partial charge < -0.3 is 14.4 Å². The Kier molecular flexibility index (Phi) is 5.11. The largest absolute Gasteiger partial charge is 0.383 e. The van der Waals surface area contributed by atoms with Crippen LogP contribution in [0.3, 0.4) is 0 Å². The molecule has 1 unspecified atom stereocenters. The number of hydrogen-bond acceptors (Lipinski definition) is 6. The van der Waals surface area contributed by atoms with Crippen LogP contribution in [0.15, 0.2) is 11.6 Å². The van der Waals surface area contributed by atoms with Crippen LogP contribution in [0.2, 0.25) is 0 Å². The minimum Gasteiger partial charge on any atom is -0.383 e. The summed E-state index contributed by atoms with van der Waals surface area (Å²) in [7, 11) is 1.77. The van der Waals surface area contributed by atoms with Crippen molar-refractivity contribution < 1.29 is 9.47 Å². The van der Waals surface area contributed by atoms with Gasteiger partial charge in [0.25, 0.3) is 0 Å². The van der Waals surface area contributed by atoms with Crippen molar-refractivity contribution in [1.82, 2.24) is 9.88 Å². The third-order valence-corrected chi connectivity index (χ3v) is 5.31. The zero-order valence-corrected chi connectivity index (χ0v) is 13.6. The van der Waals surface area contributed by atoms with Gasteiger partial charge in [0.15, 0.2) is 5.13 Å². The molecule has 2 aliphatic rings. The first kappa shape index (κ1) is 15.2. The van der Waals surface area contributed by atoms with Gasteiger partial charge in [-0.3, -0.25) is 4.90 Å². The Labute approximate surface area is 130 Å². The topological polar surface area (TPSA) is 37.8 Å². The van der Waals surface area contributed by atoms with Crippen LogP contribution in [-0.4, -0.2) is 69.5 Å². The summed E-state index contributed by atoms with van der Waals surface area (Å²) >= 11 is 1.74. The molecule has 1 atom stereocenters. The summed E-state index contributed by atoms with van der Waals surface area (Å²) in [5.41, 5.74) is 0.244. The lowest BCUT2D eigenvalue weighted by molar-refractivity contribution is 0.0545. The third kappa shape index (κ3) is 3.74. The van der Waals surface area contributed by atoms with E-state index in [1.54, 1.807) is 18.4 Å². The summed E-state index contributed by atoms with van der Waals surface area (Å²) in [6.45, 7) is 7.81. The number of methoxy groups -OCH3 is 1. The number of nitrogens with zero attached hydrogens (tertiary/aromatic N) is 3. The van der Waals surface area contributed by atoms with Crippen LogP contribution in [0.4, 0.5) is 5.13 Å². The summed E-state index contributed by atoms with van der Waals surface area (Å²) in [5, 5.41) is 3.22. The molecule has 1 spiro atoms. The molecule has 2 fully saturated rings. The van der Waals surface area contributed by atoms with Crippen LogP contribution in [0, 0.1) is 5.41 Å². The maximum absolute atomic E-state index is 5.94. The minimum atomic E-state index is 0.244. The molecule has 3 rings (SSSR count). The summed E-state index contributed by atoms with van der Waals surface area (Å²) < 4.78 is 11.2. The van der Waals surface area contributed by atoms with Crippen molar-refractivity contribution in [3.05, 3.63) is 11.6 Å². The van der Waals surface area contributed by atoms with E-state index in [1.165, 1.54) is 12.8 Å². The van der Waals surface area contributed by atoms with Crippen LogP contribution < -0.4 is 4.90 Å². The van der Waals surface area contributed by atoms with Gasteiger partial charge in [-0.15, -0.1) is 11.3 Å². The molecule has 0 amide bonds. The average Bonchev–Trinajstić information content (AvgIpc) is 2.97. The molecule has 0 aromatic carbocycles. The molecule has 2 aliphatic heterocycles. The Hall–Kier alpha value is -0.690. The van der Waals surface area contributed by atoms with Crippen LogP contribution in [0.25, 0.3) is 0 Å². The van der Waals surface area contributed by atoms with Gasteiger partial charge in [-0.1, -0.05) is 0 Å². The molecular weight excluding hydrogens is 286 g/mol. The summed E-state index contributed by atoms with van der Waals surface area (Å²) in [4.78, 5) is 9.42. The normalized spacial score (nSPS) is 28.0. The number of rotatable bonds is 4. The van der Waals surface area contributed by atoms with Crippen LogP contribution >= 0.6 is 11.3 Å². The van der Waals surface area contributed by atoms with Crippen molar-refractivity contribution in [3.8, 4) is 0 Å². The Bertz CT molecular complexity index is 429. The van der Waals surface area contributed by atoms with Gasteiger partial charge in [0.05, 0.1) is 19.8 Å². The van der Waals surface area contributed by atoms with E-state index in [9.17, 15) is 0 Å². The fourth-order valence-electron chi connectivity index (χ4n) is 3.48. The van der Waals surface area contributed by atoms with E-state index in [4.69, 9.17) is 9.47 Å². The summed E-state index contributed by atoms with van der Waals surface area (Å²) in [6.07, 6.45) is 4.37. The second kappa shape index (κ2) is 7.05. The molecule has 0 N–H and O–H groups in total. The van der Waals surface area contributed by atoms with Crippen molar-refractivity contribution in [3.63, 3.8) is 0 Å². The Morgan fingerprint density at radius 3 is 3.19 bits per heavy atom. The number of piperidine rings is 1. The molecule has 0 bridgehead atoms. The van der Waals surface area contributed by atoms with Gasteiger partial charge in [0.2, 0.25) is 0 Å². The fraction of sp³-hybridized carbons (Fsp3) is 0.800. The van der Waals surface area contributed by atoms with E-state index in [-0.39, 0.29) is 5.41 Å². The summed E-state index contributed by atoms with van der Waals surface area (Å²) in [6, 6.07) is 0. The molecule has 1 aromatic heterocycles. The lowest BCUT2D eigenvalue weighted by Crippen LogP contribution is -2.51. The van der Waals surface area contributed by atoms with Crippen molar-refractivity contribution in [2.24, 2.45) is 5.41 Å². The first-order valence-electron chi connectivity index (χ1n) is 7.75. The molecule has 5 nitrogen and oxygen atoms in total. The molecule has 2 saturated heterocycles. The van der Waals surface area contributed by atoms with Crippen molar-refractivity contribution in [2.45, 2.75) is 12.8 Å². The van der Waals surface area contributed by atoms with E-state index in [0.29, 0.717) is 0 Å². The maximum atomic E-state index is 5.94. The number of hydrogen-bond donors (Lipinski definition) is 0. The molecular formula is C15H25N3O2S. The van der Waals surface area contributed by atoms with E-state index in [0.717, 1.165) is 57.7 Å².